The van der Waals surface area contributed by atoms with Crippen molar-refractivity contribution in [1.29, 1.82) is 0 Å². The highest BCUT2D eigenvalue weighted by Crippen LogP contribution is 2.19. The van der Waals surface area contributed by atoms with Gasteiger partial charge in [0.1, 0.15) is 0 Å². The van der Waals surface area contributed by atoms with Gasteiger partial charge < -0.3 is 15.1 Å². The summed E-state index contributed by atoms with van der Waals surface area (Å²) in [5.74, 6) is 0.0831. The third kappa shape index (κ3) is 4.44. The van der Waals surface area contributed by atoms with Crippen LogP contribution >= 0.6 is 11.6 Å². The first-order valence-electron chi connectivity index (χ1n) is 7.11. The number of rotatable bonds is 3. The van der Waals surface area contributed by atoms with Crippen molar-refractivity contribution in [2.45, 2.75) is 13.8 Å². The largest absolute Gasteiger partial charge is 0.332 e. The van der Waals surface area contributed by atoms with Gasteiger partial charge in [-0.15, -0.1) is 0 Å². The first-order valence-corrected chi connectivity index (χ1v) is 7.48. The van der Waals surface area contributed by atoms with Crippen molar-refractivity contribution in [2.24, 2.45) is 0 Å². The molecule has 1 aromatic carbocycles. The lowest BCUT2D eigenvalue weighted by Gasteiger charge is -2.31. The summed E-state index contributed by atoms with van der Waals surface area (Å²) in [4.78, 5) is 26.4. The summed E-state index contributed by atoms with van der Waals surface area (Å²) >= 11 is 5.94. The van der Waals surface area contributed by atoms with Crippen molar-refractivity contribution < 1.29 is 14.5 Å². The molecule has 6 heteroatoms. The van der Waals surface area contributed by atoms with Gasteiger partial charge in [0.15, 0.2) is 6.54 Å². The molecule has 5 nitrogen and oxygen atoms in total. The SMILES string of the molecule is CC(=O)N1CC[NH+](CC(=O)Nc2cc(Cl)ccc2C)CC1. The first-order chi connectivity index (χ1) is 9.95. The Morgan fingerprint density at radius 3 is 2.62 bits per heavy atom. The molecule has 114 valence electrons. The summed E-state index contributed by atoms with van der Waals surface area (Å²) in [6.07, 6.45) is 0. The van der Waals surface area contributed by atoms with Gasteiger partial charge in [-0.2, -0.15) is 0 Å². The summed E-state index contributed by atoms with van der Waals surface area (Å²) in [5.41, 5.74) is 1.75. The Kier molecular flexibility index (Phi) is 5.20. The van der Waals surface area contributed by atoms with Crippen molar-refractivity contribution in [1.82, 2.24) is 4.90 Å². The smallest absolute Gasteiger partial charge is 0.279 e. The Morgan fingerprint density at radius 1 is 1.33 bits per heavy atom. The Hall–Kier alpha value is -1.59. The van der Waals surface area contributed by atoms with Crippen molar-refractivity contribution >= 4 is 29.1 Å². The van der Waals surface area contributed by atoms with Gasteiger partial charge in [0.25, 0.3) is 5.91 Å². The fraction of sp³-hybridized carbons (Fsp3) is 0.467. The molecule has 2 rings (SSSR count). The molecule has 1 aromatic rings. The summed E-state index contributed by atoms with van der Waals surface area (Å²) in [6, 6.07) is 5.45. The molecule has 2 N–H and O–H groups in total. The van der Waals surface area contributed by atoms with Gasteiger partial charge >= 0.3 is 0 Å². The number of benzene rings is 1. The highest BCUT2D eigenvalue weighted by atomic mass is 35.5. The molecule has 0 aliphatic carbocycles. The average molecular weight is 311 g/mol. The number of piperazine rings is 1. The lowest BCUT2D eigenvalue weighted by molar-refractivity contribution is -0.895. The van der Waals surface area contributed by atoms with Gasteiger partial charge in [-0.05, 0) is 24.6 Å². The number of hydrogen-bond acceptors (Lipinski definition) is 2. The number of nitrogens with zero attached hydrogens (tertiary/aromatic N) is 1. The minimum absolute atomic E-state index is 0.0216. The minimum Gasteiger partial charge on any atom is -0.332 e. The molecule has 0 bridgehead atoms. The normalized spacial score (nSPS) is 15.9. The van der Waals surface area contributed by atoms with Crippen LogP contribution in [-0.2, 0) is 9.59 Å². The Labute approximate surface area is 129 Å². The first kappa shape index (κ1) is 15.8. The molecular weight excluding hydrogens is 290 g/mol. The van der Waals surface area contributed by atoms with Crippen LogP contribution in [0, 0.1) is 6.92 Å². The zero-order chi connectivity index (χ0) is 15.4. The van der Waals surface area contributed by atoms with Crippen molar-refractivity contribution in [3.8, 4) is 0 Å². The van der Waals surface area contributed by atoms with Crippen LogP contribution in [0.3, 0.4) is 0 Å². The van der Waals surface area contributed by atoms with Gasteiger partial charge in [-0.25, -0.2) is 0 Å². The number of carbonyl (C=O) groups excluding carboxylic acids is 2. The van der Waals surface area contributed by atoms with Crippen molar-refractivity contribution in [3.63, 3.8) is 0 Å². The van der Waals surface area contributed by atoms with E-state index in [0.29, 0.717) is 24.7 Å². The Bertz CT molecular complexity index is 540. The summed E-state index contributed by atoms with van der Waals surface area (Å²) in [6.45, 7) is 6.98. The highest BCUT2D eigenvalue weighted by Gasteiger charge is 2.23. The second kappa shape index (κ2) is 6.91. The van der Waals surface area contributed by atoms with Crippen LogP contribution < -0.4 is 10.2 Å². The van der Waals surface area contributed by atoms with Crippen LogP contribution in [0.1, 0.15) is 12.5 Å². The van der Waals surface area contributed by atoms with Crippen LogP contribution in [0.15, 0.2) is 18.2 Å². The molecule has 1 aliphatic heterocycles. The number of amides is 2. The van der Waals surface area contributed by atoms with E-state index >= 15 is 0 Å². The second-order valence-electron chi connectivity index (χ2n) is 5.44. The lowest BCUT2D eigenvalue weighted by atomic mass is 10.2. The predicted molar refractivity (Wildman–Crippen MR) is 82.6 cm³/mol. The maximum absolute atomic E-state index is 12.1. The topological polar surface area (TPSA) is 53.9 Å². The van der Waals surface area contributed by atoms with Crippen LogP contribution in [0.2, 0.25) is 5.02 Å². The quantitative estimate of drug-likeness (QED) is 0.845. The molecule has 0 radical (unpaired) electrons. The number of hydrogen-bond donors (Lipinski definition) is 2. The monoisotopic (exact) mass is 310 g/mol. The number of quaternary nitrogens is 1. The number of nitrogens with one attached hydrogen (secondary N) is 2. The van der Waals surface area contributed by atoms with Gasteiger partial charge in [0, 0.05) is 17.6 Å². The van der Waals surface area contributed by atoms with E-state index < -0.39 is 0 Å². The van der Waals surface area contributed by atoms with Crippen molar-refractivity contribution in [2.75, 3.05) is 38.0 Å². The van der Waals surface area contributed by atoms with E-state index in [1.807, 2.05) is 17.9 Å². The van der Waals surface area contributed by atoms with Gasteiger partial charge in [-0.3, -0.25) is 9.59 Å². The lowest BCUT2D eigenvalue weighted by Crippen LogP contribution is -3.15. The average Bonchev–Trinajstić information content (AvgIpc) is 2.43. The zero-order valence-electron chi connectivity index (χ0n) is 12.4. The number of halogens is 1. The fourth-order valence-corrected chi connectivity index (χ4v) is 2.64. The summed E-state index contributed by atoms with van der Waals surface area (Å²) < 4.78 is 0. The third-order valence-corrected chi connectivity index (χ3v) is 4.04. The van der Waals surface area contributed by atoms with Crippen molar-refractivity contribution in [3.05, 3.63) is 28.8 Å². The number of aryl methyl sites for hydroxylation is 1. The molecule has 1 fully saturated rings. The molecule has 0 saturated carbocycles. The predicted octanol–water partition coefficient (Wildman–Crippen LogP) is 0.334. The van der Waals surface area contributed by atoms with Crippen LogP contribution in [0.5, 0.6) is 0 Å². The van der Waals surface area contributed by atoms with Gasteiger partial charge in [0.2, 0.25) is 5.91 Å². The second-order valence-corrected chi connectivity index (χ2v) is 5.88. The molecule has 1 aliphatic rings. The zero-order valence-corrected chi connectivity index (χ0v) is 13.2. The van der Waals surface area contributed by atoms with E-state index in [9.17, 15) is 9.59 Å². The molecule has 1 heterocycles. The third-order valence-electron chi connectivity index (χ3n) is 3.80. The molecule has 0 atom stereocenters. The number of anilines is 1. The molecule has 2 amide bonds. The highest BCUT2D eigenvalue weighted by molar-refractivity contribution is 6.31. The summed E-state index contributed by atoms with van der Waals surface area (Å²) in [7, 11) is 0. The molecule has 1 saturated heterocycles. The van der Waals surface area contributed by atoms with Crippen LogP contribution in [0.25, 0.3) is 0 Å². The van der Waals surface area contributed by atoms with E-state index in [1.54, 1.807) is 19.1 Å². The molecule has 0 spiro atoms. The fourth-order valence-electron chi connectivity index (χ4n) is 2.46. The maximum Gasteiger partial charge on any atom is 0.279 e. The molecular formula is C15H21ClN3O2+. The molecule has 21 heavy (non-hydrogen) atoms. The molecule has 0 aromatic heterocycles. The van der Waals surface area contributed by atoms with E-state index in [2.05, 4.69) is 5.32 Å². The van der Waals surface area contributed by atoms with Gasteiger partial charge in [-0.1, -0.05) is 17.7 Å². The van der Waals surface area contributed by atoms with E-state index in [0.717, 1.165) is 24.3 Å². The van der Waals surface area contributed by atoms with Crippen LogP contribution in [0.4, 0.5) is 5.69 Å². The Morgan fingerprint density at radius 2 is 2.00 bits per heavy atom. The maximum atomic E-state index is 12.1. The van der Waals surface area contributed by atoms with E-state index in [1.165, 1.54) is 4.90 Å². The van der Waals surface area contributed by atoms with Gasteiger partial charge in [0.05, 0.1) is 26.2 Å². The Balaban J connectivity index is 1.85. The summed E-state index contributed by atoms with van der Waals surface area (Å²) in [5, 5.41) is 3.52. The minimum atomic E-state index is -0.0216. The van der Waals surface area contributed by atoms with Crippen LogP contribution in [-0.4, -0.2) is 49.4 Å². The van der Waals surface area contributed by atoms with E-state index in [4.69, 9.17) is 11.6 Å². The number of carbonyl (C=O) groups is 2. The molecule has 0 unspecified atom stereocenters. The van der Waals surface area contributed by atoms with E-state index in [-0.39, 0.29) is 11.8 Å². The standard InChI is InChI=1S/C15H20ClN3O2/c1-11-3-4-13(16)9-14(11)17-15(21)10-18-5-7-19(8-6-18)12(2)20/h3-4,9H,5-8,10H2,1-2H3,(H,17,21)/p+1.